The van der Waals surface area contributed by atoms with E-state index in [1.807, 2.05) is 42.5 Å². The molecule has 3 aromatic rings. The van der Waals surface area contributed by atoms with E-state index in [9.17, 15) is 0 Å². The van der Waals surface area contributed by atoms with Gasteiger partial charge in [0.05, 0.1) is 11.4 Å². The van der Waals surface area contributed by atoms with Crippen LogP contribution in [0.2, 0.25) is 0 Å². The van der Waals surface area contributed by atoms with Gasteiger partial charge < -0.3 is 14.1 Å². The van der Waals surface area contributed by atoms with Gasteiger partial charge in [0.25, 0.3) is 0 Å². The van der Waals surface area contributed by atoms with E-state index in [-0.39, 0.29) is 0 Å². The van der Waals surface area contributed by atoms with Gasteiger partial charge in [0.1, 0.15) is 11.3 Å². The van der Waals surface area contributed by atoms with Crippen LogP contribution in [-0.4, -0.2) is 11.7 Å². The van der Waals surface area contributed by atoms with Crippen LogP contribution in [0.25, 0.3) is 11.1 Å². The summed E-state index contributed by atoms with van der Waals surface area (Å²) >= 11 is 0. The first-order chi connectivity index (χ1) is 8.93. The molecule has 1 aliphatic heterocycles. The third kappa shape index (κ3) is 1.23. The van der Waals surface area contributed by atoms with Crippen LogP contribution < -0.4 is 9.64 Å². The maximum absolute atomic E-state index is 5.66. The minimum atomic E-state index is 0.505. The summed E-state index contributed by atoms with van der Waals surface area (Å²) in [5.74, 6) is 0.901. The molecule has 0 radical (unpaired) electrons. The highest BCUT2D eigenvalue weighted by Crippen LogP contribution is 2.40. The fourth-order valence-electron chi connectivity index (χ4n) is 2.29. The lowest BCUT2D eigenvalue weighted by Crippen LogP contribution is -2.15. The molecule has 1 aromatic heterocycles. The van der Waals surface area contributed by atoms with Crippen LogP contribution in [0, 0.1) is 0 Å². The molecule has 0 fully saturated rings. The van der Waals surface area contributed by atoms with E-state index in [4.69, 9.17) is 9.15 Å². The Morgan fingerprint density at radius 1 is 1.00 bits per heavy atom. The van der Waals surface area contributed by atoms with Gasteiger partial charge in [0.15, 0.2) is 18.7 Å². The van der Waals surface area contributed by atoms with Crippen molar-refractivity contribution in [3.63, 3.8) is 0 Å². The Morgan fingerprint density at radius 2 is 1.89 bits per heavy atom. The minimum Gasteiger partial charge on any atom is -0.471 e. The lowest BCUT2D eigenvalue weighted by molar-refractivity contribution is 0.358. The molecule has 0 saturated carbocycles. The van der Waals surface area contributed by atoms with Crippen molar-refractivity contribution in [1.29, 1.82) is 0 Å². The fourth-order valence-corrected chi connectivity index (χ4v) is 2.29. The van der Waals surface area contributed by atoms with Crippen molar-refractivity contribution in [2.75, 3.05) is 11.6 Å². The van der Waals surface area contributed by atoms with E-state index in [2.05, 4.69) is 9.88 Å². The largest absolute Gasteiger partial charge is 0.471 e. The summed E-state index contributed by atoms with van der Waals surface area (Å²) in [7, 11) is 0. The maximum Gasteiger partial charge on any atom is 0.182 e. The molecule has 0 N–H and O–H groups in total. The Kier molecular flexibility index (Phi) is 1.85. The zero-order valence-electron chi connectivity index (χ0n) is 9.54. The van der Waals surface area contributed by atoms with Crippen molar-refractivity contribution in [3.8, 4) is 5.75 Å². The van der Waals surface area contributed by atoms with Gasteiger partial charge >= 0.3 is 0 Å². The van der Waals surface area contributed by atoms with Crippen molar-refractivity contribution < 1.29 is 9.15 Å². The van der Waals surface area contributed by atoms with Crippen molar-refractivity contribution >= 4 is 22.5 Å². The average molecular weight is 238 g/mol. The van der Waals surface area contributed by atoms with E-state index in [1.165, 1.54) is 6.39 Å². The van der Waals surface area contributed by atoms with E-state index in [0.717, 1.165) is 28.2 Å². The highest BCUT2D eigenvalue weighted by Gasteiger charge is 2.23. The molecule has 2 aromatic carbocycles. The number of para-hydroxylation sites is 3. The minimum absolute atomic E-state index is 0.505. The molecule has 0 spiro atoms. The zero-order valence-corrected chi connectivity index (χ0v) is 9.54. The van der Waals surface area contributed by atoms with Crippen LogP contribution in [0.3, 0.4) is 0 Å². The van der Waals surface area contributed by atoms with Gasteiger partial charge in [-0.3, -0.25) is 0 Å². The monoisotopic (exact) mass is 238 g/mol. The number of nitrogens with zero attached hydrogens (tertiary/aromatic N) is 2. The Balaban J connectivity index is 1.92. The van der Waals surface area contributed by atoms with E-state index >= 15 is 0 Å². The Morgan fingerprint density at radius 3 is 2.89 bits per heavy atom. The van der Waals surface area contributed by atoms with Crippen LogP contribution in [0.1, 0.15) is 0 Å². The molecule has 88 valence electrons. The number of ether oxygens (including phenoxy) is 1. The van der Waals surface area contributed by atoms with Crippen LogP contribution in [-0.2, 0) is 0 Å². The van der Waals surface area contributed by atoms with Crippen molar-refractivity contribution in [2.45, 2.75) is 0 Å². The second-order valence-electron chi connectivity index (χ2n) is 4.15. The SMILES string of the molecule is c1ccc2c(c1)OCN2c1cccc2ocnc12. The van der Waals surface area contributed by atoms with Gasteiger partial charge in [-0.25, -0.2) is 4.98 Å². The maximum atomic E-state index is 5.66. The first kappa shape index (κ1) is 9.53. The Bertz CT molecular complexity index is 720. The van der Waals surface area contributed by atoms with Crippen LogP contribution >= 0.6 is 0 Å². The van der Waals surface area contributed by atoms with Crippen LogP contribution in [0.15, 0.2) is 53.3 Å². The standard InChI is InChI=1S/C14H10N2O2/c1-2-6-12-10(4-1)16(9-18-12)11-5-3-7-13-14(11)15-8-17-13/h1-8H,9H2. The molecule has 4 rings (SSSR count). The molecule has 0 saturated heterocycles. The lowest BCUT2D eigenvalue weighted by Gasteiger charge is -2.16. The van der Waals surface area contributed by atoms with Gasteiger partial charge in [0.2, 0.25) is 0 Å². The molecule has 2 heterocycles. The number of hydrogen-bond donors (Lipinski definition) is 0. The van der Waals surface area contributed by atoms with Crippen molar-refractivity contribution in [3.05, 3.63) is 48.9 Å². The number of rotatable bonds is 1. The second kappa shape index (κ2) is 3.50. The molecule has 0 amide bonds. The quantitative estimate of drug-likeness (QED) is 0.652. The number of fused-ring (bicyclic) bond motifs is 2. The summed E-state index contributed by atoms with van der Waals surface area (Å²) in [5, 5.41) is 0. The topological polar surface area (TPSA) is 38.5 Å². The van der Waals surface area contributed by atoms with Gasteiger partial charge in [0, 0.05) is 0 Å². The second-order valence-corrected chi connectivity index (χ2v) is 4.15. The molecular weight excluding hydrogens is 228 g/mol. The van der Waals surface area contributed by atoms with Gasteiger partial charge in [-0.1, -0.05) is 18.2 Å². The molecule has 0 aliphatic carbocycles. The zero-order chi connectivity index (χ0) is 11.9. The van der Waals surface area contributed by atoms with E-state index in [1.54, 1.807) is 0 Å². The smallest absolute Gasteiger partial charge is 0.182 e. The first-order valence-electron chi connectivity index (χ1n) is 5.75. The summed E-state index contributed by atoms with van der Waals surface area (Å²) in [5.41, 5.74) is 3.72. The summed E-state index contributed by atoms with van der Waals surface area (Å²) in [4.78, 5) is 6.37. The van der Waals surface area contributed by atoms with Crippen molar-refractivity contribution in [2.24, 2.45) is 0 Å². The molecule has 0 unspecified atom stereocenters. The number of benzene rings is 2. The number of anilines is 2. The van der Waals surface area contributed by atoms with Gasteiger partial charge in [-0.15, -0.1) is 0 Å². The summed E-state index contributed by atoms with van der Waals surface area (Å²) in [6.07, 6.45) is 1.47. The Hall–Kier alpha value is -2.49. The number of hydrogen-bond acceptors (Lipinski definition) is 4. The summed E-state index contributed by atoms with van der Waals surface area (Å²) in [6.45, 7) is 0.505. The average Bonchev–Trinajstić information content (AvgIpc) is 3.05. The molecule has 4 nitrogen and oxygen atoms in total. The van der Waals surface area contributed by atoms with Crippen LogP contribution in [0.4, 0.5) is 11.4 Å². The molecule has 1 aliphatic rings. The normalized spacial score (nSPS) is 13.7. The highest BCUT2D eigenvalue weighted by atomic mass is 16.5. The first-order valence-corrected chi connectivity index (χ1v) is 5.75. The molecule has 18 heavy (non-hydrogen) atoms. The third-order valence-corrected chi connectivity index (χ3v) is 3.14. The predicted molar refractivity (Wildman–Crippen MR) is 68.1 cm³/mol. The predicted octanol–water partition coefficient (Wildman–Crippen LogP) is 3.32. The fraction of sp³-hybridized carbons (Fsp3) is 0.0714. The molecular formula is C14H10N2O2. The summed E-state index contributed by atoms with van der Waals surface area (Å²) in [6, 6.07) is 13.9. The van der Waals surface area contributed by atoms with E-state index < -0.39 is 0 Å². The third-order valence-electron chi connectivity index (χ3n) is 3.14. The van der Waals surface area contributed by atoms with E-state index in [0.29, 0.717) is 6.73 Å². The number of oxazole rings is 1. The molecule has 0 bridgehead atoms. The molecule has 0 atom stereocenters. The van der Waals surface area contributed by atoms with Crippen LogP contribution in [0.5, 0.6) is 5.75 Å². The highest BCUT2D eigenvalue weighted by molar-refractivity contribution is 5.91. The summed E-state index contributed by atoms with van der Waals surface area (Å²) < 4.78 is 11.0. The van der Waals surface area contributed by atoms with Gasteiger partial charge in [-0.05, 0) is 24.3 Å². The van der Waals surface area contributed by atoms with Crippen molar-refractivity contribution in [1.82, 2.24) is 4.98 Å². The molecule has 4 heteroatoms. The van der Waals surface area contributed by atoms with Gasteiger partial charge in [-0.2, -0.15) is 0 Å². The number of aromatic nitrogens is 1. The Labute approximate surface area is 103 Å². The lowest BCUT2D eigenvalue weighted by atomic mass is 10.2.